The lowest BCUT2D eigenvalue weighted by Crippen LogP contribution is -2.07. The maximum atomic E-state index is 5.75. The lowest BCUT2D eigenvalue weighted by molar-refractivity contribution is 0.240. The standard InChI is InChI=1S/C13H20O/c1-5-6-12-9-11(4)7-8-13(12)14-10(2)3/h7-10H,5-6H2,1-4H3. The Hall–Kier alpha value is -0.980. The van der Waals surface area contributed by atoms with E-state index >= 15 is 0 Å². The van der Waals surface area contributed by atoms with Gasteiger partial charge in [-0.05, 0) is 38.8 Å². The minimum absolute atomic E-state index is 0.258. The van der Waals surface area contributed by atoms with Gasteiger partial charge in [-0.2, -0.15) is 0 Å². The van der Waals surface area contributed by atoms with Gasteiger partial charge in [0, 0.05) is 0 Å². The van der Waals surface area contributed by atoms with Crippen LogP contribution in [0.4, 0.5) is 0 Å². The number of hydrogen-bond donors (Lipinski definition) is 0. The zero-order chi connectivity index (χ0) is 10.6. The molecule has 14 heavy (non-hydrogen) atoms. The Labute approximate surface area is 87.1 Å². The summed E-state index contributed by atoms with van der Waals surface area (Å²) in [6.07, 6.45) is 2.52. The monoisotopic (exact) mass is 192 g/mol. The number of benzene rings is 1. The molecule has 0 aromatic heterocycles. The third-order valence-corrected chi connectivity index (χ3v) is 2.10. The molecule has 0 radical (unpaired) electrons. The number of aryl methyl sites for hydroxylation is 2. The highest BCUT2D eigenvalue weighted by Gasteiger charge is 2.04. The molecule has 0 N–H and O–H groups in total. The van der Waals surface area contributed by atoms with Crippen molar-refractivity contribution in [1.29, 1.82) is 0 Å². The normalized spacial score (nSPS) is 10.6. The Kier molecular flexibility index (Phi) is 3.99. The summed E-state index contributed by atoms with van der Waals surface area (Å²) in [5.74, 6) is 1.05. The predicted octanol–water partition coefficient (Wildman–Crippen LogP) is 3.73. The molecule has 1 rings (SSSR count). The van der Waals surface area contributed by atoms with Gasteiger partial charge in [-0.1, -0.05) is 31.0 Å². The molecule has 0 saturated heterocycles. The first-order valence-electron chi connectivity index (χ1n) is 5.39. The van der Waals surface area contributed by atoms with Crippen LogP contribution in [0, 0.1) is 6.92 Å². The van der Waals surface area contributed by atoms with Gasteiger partial charge in [0.25, 0.3) is 0 Å². The van der Waals surface area contributed by atoms with Crippen LogP contribution in [-0.4, -0.2) is 6.10 Å². The summed E-state index contributed by atoms with van der Waals surface area (Å²) in [7, 11) is 0. The van der Waals surface area contributed by atoms with Crippen molar-refractivity contribution >= 4 is 0 Å². The van der Waals surface area contributed by atoms with Crippen molar-refractivity contribution in [2.75, 3.05) is 0 Å². The highest BCUT2D eigenvalue weighted by Crippen LogP contribution is 2.22. The fourth-order valence-corrected chi connectivity index (χ4v) is 1.54. The van der Waals surface area contributed by atoms with Crippen LogP contribution < -0.4 is 4.74 Å². The number of ether oxygens (including phenoxy) is 1. The van der Waals surface area contributed by atoms with Gasteiger partial charge in [-0.25, -0.2) is 0 Å². The fourth-order valence-electron chi connectivity index (χ4n) is 1.54. The molecule has 0 aliphatic carbocycles. The lowest BCUT2D eigenvalue weighted by atomic mass is 10.1. The Morgan fingerprint density at radius 1 is 1.29 bits per heavy atom. The molecule has 0 aliphatic rings. The zero-order valence-electron chi connectivity index (χ0n) is 9.63. The Morgan fingerprint density at radius 3 is 2.57 bits per heavy atom. The van der Waals surface area contributed by atoms with Gasteiger partial charge in [0.1, 0.15) is 5.75 Å². The van der Waals surface area contributed by atoms with Gasteiger partial charge < -0.3 is 4.74 Å². The van der Waals surface area contributed by atoms with Crippen LogP contribution in [0.5, 0.6) is 5.75 Å². The summed E-state index contributed by atoms with van der Waals surface area (Å²) in [6.45, 7) is 8.45. The maximum absolute atomic E-state index is 5.75. The van der Waals surface area contributed by atoms with Crippen molar-refractivity contribution in [3.05, 3.63) is 29.3 Å². The predicted molar refractivity (Wildman–Crippen MR) is 60.9 cm³/mol. The van der Waals surface area contributed by atoms with E-state index in [1.807, 2.05) is 0 Å². The van der Waals surface area contributed by atoms with E-state index in [9.17, 15) is 0 Å². The summed E-state index contributed by atoms with van der Waals surface area (Å²) in [4.78, 5) is 0. The third-order valence-electron chi connectivity index (χ3n) is 2.10. The summed E-state index contributed by atoms with van der Waals surface area (Å²) in [5.41, 5.74) is 2.64. The van der Waals surface area contributed by atoms with Gasteiger partial charge in [-0.3, -0.25) is 0 Å². The van der Waals surface area contributed by atoms with Crippen LogP contribution in [0.3, 0.4) is 0 Å². The van der Waals surface area contributed by atoms with Crippen molar-refractivity contribution < 1.29 is 4.74 Å². The van der Waals surface area contributed by atoms with E-state index in [1.165, 1.54) is 11.1 Å². The SMILES string of the molecule is CCCc1cc(C)ccc1OC(C)C. The van der Waals surface area contributed by atoms with Crippen LogP contribution in [0.1, 0.15) is 38.3 Å². The topological polar surface area (TPSA) is 9.23 Å². The summed E-state index contributed by atoms with van der Waals surface area (Å²) >= 11 is 0. The average molecular weight is 192 g/mol. The molecule has 0 aliphatic heterocycles. The minimum Gasteiger partial charge on any atom is -0.491 e. The first-order valence-corrected chi connectivity index (χ1v) is 5.39. The van der Waals surface area contributed by atoms with Crippen molar-refractivity contribution in [1.82, 2.24) is 0 Å². The first kappa shape index (κ1) is 11.1. The van der Waals surface area contributed by atoms with E-state index in [4.69, 9.17) is 4.74 Å². The molecular weight excluding hydrogens is 172 g/mol. The van der Waals surface area contributed by atoms with E-state index in [0.29, 0.717) is 0 Å². The Morgan fingerprint density at radius 2 is 2.00 bits per heavy atom. The van der Waals surface area contributed by atoms with Crippen LogP contribution in [0.15, 0.2) is 18.2 Å². The molecule has 0 saturated carbocycles. The molecule has 1 aromatic rings. The number of rotatable bonds is 4. The molecule has 0 unspecified atom stereocenters. The summed E-state index contributed by atoms with van der Waals surface area (Å²) in [5, 5.41) is 0. The minimum atomic E-state index is 0.258. The fraction of sp³-hybridized carbons (Fsp3) is 0.538. The van der Waals surface area contributed by atoms with Gasteiger partial charge >= 0.3 is 0 Å². The van der Waals surface area contributed by atoms with E-state index < -0.39 is 0 Å². The van der Waals surface area contributed by atoms with E-state index in [1.54, 1.807) is 0 Å². The second-order valence-electron chi connectivity index (χ2n) is 4.03. The smallest absolute Gasteiger partial charge is 0.122 e. The molecule has 0 amide bonds. The van der Waals surface area contributed by atoms with Crippen LogP contribution >= 0.6 is 0 Å². The molecule has 1 nitrogen and oxygen atoms in total. The van der Waals surface area contributed by atoms with Crippen molar-refractivity contribution in [2.24, 2.45) is 0 Å². The van der Waals surface area contributed by atoms with Gasteiger partial charge in [0.05, 0.1) is 6.10 Å². The summed E-state index contributed by atoms with van der Waals surface area (Å²) in [6, 6.07) is 6.42. The second kappa shape index (κ2) is 5.04. The molecule has 0 spiro atoms. The Balaban J connectivity index is 2.89. The molecule has 78 valence electrons. The van der Waals surface area contributed by atoms with Crippen molar-refractivity contribution in [3.63, 3.8) is 0 Å². The van der Waals surface area contributed by atoms with Gasteiger partial charge in [0.15, 0.2) is 0 Å². The highest BCUT2D eigenvalue weighted by atomic mass is 16.5. The molecular formula is C13H20O. The maximum Gasteiger partial charge on any atom is 0.122 e. The second-order valence-corrected chi connectivity index (χ2v) is 4.03. The van der Waals surface area contributed by atoms with E-state index in [0.717, 1.165) is 18.6 Å². The lowest BCUT2D eigenvalue weighted by Gasteiger charge is -2.14. The summed E-state index contributed by atoms with van der Waals surface area (Å²) < 4.78 is 5.75. The van der Waals surface area contributed by atoms with Crippen LogP contribution in [0.2, 0.25) is 0 Å². The molecule has 0 fully saturated rings. The quantitative estimate of drug-likeness (QED) is 0.706. The zero-order valence-corrected chi connectivity index (χ0v) is 9.63. The van der Waals surface area contributed by atoms with Crippen LogP contribution in [0.25, 0.3) is 0 Å². The van der Waals surface area contributed by atoms with Crippen molar-refractivity contribution in [3.8, 4) is 5.75 Å². The van der Waals surface area contributed by atoms with Crippen molar-refractivity contribution in [2.45, 2.75) is 46.6 Å². The highest BCUT2D eigenvalue weighted by molar-refractivity contribution is 5.37. The van der Waals surface area contributed by atoms with Gasteiger partial charge in [-0.15, -0.1) is 0 Å². The van der Waals surface area contributed by atoms with Gasteiger partial charge in [0.2, 0.25) is 0 Å². The average Bonchev–Trinajstić information content (AvgIpc) is 2.09. The first-order chi connectivity index (χ1) is 6.63. The van der Waals surface area contributed by atoms with E-state index in [-0.39, 0.29) is 6.10 Å². The van der Waals surface area contributed by atoms with E-state index in [2.05, 4.69) is 45.9 Å². The molecule has 0 heterocycles. The third kappa shape index (κ3) is 3.06. The molecule has 0 atom stereocenters. The molecule has 0 bridgehead atoms. The van der Waals surface area contributed by atoms with Crippen LogP contribution in [-0.2, 0) is 6.42 Å². The molecule has 1 aromatic carbocycles. The largest absolute Gasteiger partial charge is 0.491 e. The number of hydrogen-bond acceptors (Lipinski definition) is 1. The molecule has 1 heteroatoms. The Bertz CT molecular complexity index is 289.